The summed E-state index contributed by atoms with van der Waals surface area (Å²) in [6, 6.07) is 25.6. The van der Waals surface area contributed by atoms with Crippen LogP contribution in [0.2, 0.25) is 0 Å². The Labute approximate surface area is 183 Å². The highest BCUT2D eigenvalue weighted by molar-refractivity contribution is 5.93. The van der Waals surface area contributed by atoms with E-state index in [2.05, 4.69) is 5.32 Å². The summed E-state index contributed by atoms with van der Waals surface area (Å²) in [6.07, 6.45) is 0. The SMILES string of the molecule is Cc1ccc(NC(=O)COC(=O)CN(Cc2ccccc2)Cc2ccccc2)cc1C. The number of benzene rings is 3. The van der Waals surface area contributed by atoms with E-state index >= 15 is 0 Å². The van der Waals surface area contributed by atoms with Crippen LogP contribution in [0.25, 0.3) is 0 Å². The van der Waals surface area contributed by atoms with Crippen LogP contribution < -0.4 is 5.32 Å². The van der Waals surface area contributed by atoms with Gasteiger partial charge in [-0.05, 0) is 48.2 Å². The van der Waals surface area contributed by atoms with Gasteiger partial charge in [0.2, 0.25) is 0 Å². The molecule has 1 amide bonds. The number of esters is 1. The third-order valence-corrected chi connectivity index (χ3v) is 5.01. The van der Waals surface area contributed by atoms with Gasteiger partial charge in [0.15, 0.2) is 6.61 Å². The van der Waals surface area contributed by atoms with Crippen LogP contribution >= 0.6 is 0 Å². The highest BCUT2D eigenvalue weighted by Gasteiger charge is 2.15. The van der Waals surface area contributed by atoms with Gasteiger partial charge in [-0.3, -0.25) is 14.5 Å². The van der Waals surface area contributed by atoms with Gasteiger partial charge < -0.3 is 10.1 Å². The predicted molar refractivity (Wildman–Crippen MR) is 123 cm³/mol. The lowest BCUT2D eigenvalue weighted by Gasteiger charge is -2.21. The molecule has 0 aliphatic rings. The van der Waals surface area contributed by atoms with Crippen molar-refractivity contribution in [1.82, 2.24) is 4.90 Å². The number of aryl methyl sites for hydroxylation is 2. The number of ether oxygens (including phenoxy) is 1. The Kier molecular flexibility index (Phi) is 7.96. The first-order valence-corrected chi connectivity index (χ1v) is 10.3. The lowest BCUT2D eigenvalue weighted by Crippen LogP contribution is -2.32. The van der Waals surface area contributed by atoms with Gasteiger partial charge >= 0.3 is 5.97 Å². The zero-order valence-corrected chi connectivity index (χ0v) is 18.0. The number of carbonyl (C=O) groups is 2. The molecule has 3 rings (SSSR count). The van der Waals surface area contributed by atoms with Gasteiger partial charge in [0.25, 0.3) is 5.91 Å². The summed E-state index contributed by atoms with van der Waals surface area (Å²) in [4.78, 5) is 26.6. The van der Waals surface area contributed by atoms with E-state index in [9.17, 15) is 9.59 Å². The van der Waals surface area contributed by atoms with E-state index in [0.29, 0.717) is 18.8 Å². The molecule has 0 atom stereocenters. The van der Waals surface area contributed by atoms with Crippen LogP contribution in [0.4, 0.5) is 5.69 Å². The zero-order valence-electron chi connectivity index (χ0n) is 18.0. The van der Waals surface area contributed by atoms with E-state index < -0.39 is 5.97 Å². The molecule has 0 aliphatic carbocycles. The first kappa shape index (κ1) is 22.2. The summed E-state index contributed by atoms with van der Waals surface area (Å²) in [6.45, 7) is 5.01. The molecule has 0 heterocycles. The molecule has 0 spiro atoms. The van der Waals surface area contributed by atoms with Gasteiger partial charge in [0, 0.05) is 18.8 Å². The van der Waals surface area contributed by atoms with Gasteiger partial charge in [-0.25, -0.2) is 0 Å². The number of anilines is 1. The molecule has 1 N–H and O–H groups in total. The van der Waals surface area contributed by atoms with Crippen molar-refractivity contribution in [3.63, 3.8) is 0 Å². The fourth-order valence-electron chi connectivity index (χ4n) is 3.24. The number of nitrogens with zero attached hydrogens (tertiary/aromatic N) is 1. The average molecular weight is 417 g/mol. The van der Waals surface area contributed by atoms with Gasteiger partial charge in [-0.15, -0.1) is 0 Å². The summed E-state index contributed by atoms with van der Waals surface area (Å²) in [5.74, 6) is -0.781. The zero-order chi connectivity index (χ0) is 22.1. The number of rotatable bonds is 9. The Morgan fingerprint density at radius 1 is 0.806 bits per heavy atom. The Hall–Kier alpha value is -3.44. The number of hydrogen-bond donors (Lipinski definition) is 1. The van der Waals surface area contributed by atoms with Crippen molar-refractivity contribution in [1.29, 1.82) is 0 Å². The van der Waals surface area contributed by atoms with Crippen molar-refractivity contribution in [2.24, 2.45) is 0 Å². The van der Waals surface area contributed by atoms with Crippen LogP contribution in [-0.4, -0.2) is 29.9 Å². The highest BCUT2D eigenvalue weighted by atomic mass is 16.5. The number of hydrogen-bond acceptors (Lipinski definition) is 4. The summed E-state index contributed by atoms with van der Waals surface area (Å²) < 4.78 is 5.24. The van der Waals surface area contributed by atoms with Crippen molar-refractivity contribution < 1.29 is 14.3 Å². The Morgan fingerprint density at radius 2 is 1.39 bits per heavy atom. The van der Waals surface area contributed by atoms with Gasteiger partial charge in [0.05, 0.1) is 6.54 Å². The maximum absolute atomic E-state index is 12.4. The first-order valence-electron chi connectivity index (χ1n) is 10.3. The molecule has 31 heavy (non-hydrogen) atoms. The minimum atomic E-state index is -0.429. The van der Waals surface area contributed by atoms with E-state index in [1.165, 1.54) is 0 Å². The highest BCUT2D eigenvalue weighted by Crippen LogP contribution is 2.14. The average Bonchev–Trinajstić information content (AvgIpc) is 2.76. The molecule has 0 radical (unpaired) electrons. The van der Waals surface area contributed by atoms with Crippen LogP contribution in [-0.2, 0) is 27.4 Å². The van der Waals surface area contributed by atoms with Crippen molar-refractivity contribution in [2.45, 2.75) is 26.9 Å². The van der Waals surface area contributed by atoms with Crippen LogP contribution in [0.5, 0.6) is 0 Å². The lowest BCUT2D eigenvalue weighted by atomic mass is 10.1. The Balaban J connectivity index is 1.54. The minimum Gasteiger partial charge on any atom is -0.455 e. The second kappa shape index (κ2) is 11.1. The third kappa shape index (κ3) is 7.39. The molecular weight excluding hydrogens is 388 g/mol. The van der Waals surface area contributed by atoms with Crippen LogP contribution in [0, 0.1) is 13.8 Å². The molecule has 3 aromatic carbocycles. The van der Waals surface area contributed by atoms with E-state index in [-0.39, 0.29) is 19.1 Å². The standard InChI is InChI=1S/C26H28N2O3/c1-20-13-14-24(15-21(20)2)27-25(29)19-31-26(30)18-28(16-22-9-5-3-6-10-22)17-23-11-7-4-8-12-23/h3-15H,16-19H2,1-2H3,(H,27,29). The van der Waals surface area contributed by atoms with E-state index in [0.717, 1.165) is 22.3 Å². The van der Waals surface area contributed by atoms with E-state index in [1.807, 2.05) is 97.6 Å². The molecule has 3 aromatic rings. The summed E-state index contributed by atoms with van der Waals surface area (Å²) >= 11 is 0. The molecule has 0 bridgehead atoms. The monoisotopic (exact) mass is 416 g/mol. The van der Waals surface area contributed by atoms with Crippen LogP contribution in [0.1, 0.15) is 22.3 Å². The fourth-order valence-corrected chi connectivity index (χ4v) is 3.24. The topological polar surface area (TPSA) is 58.6 Å². The van der Waals surface area contributed by atoms with Crippen molar-refractivity contribution >= 4 is 17.6 Å². The second-order valence-electron chi connectivity index (χ2n) is 7.62. The largest absolute Gasteiger partial charge is 0.455 e. The number of carbonyl (C=O) groups excluding carboxylic acids is 2. The third-order valence-electron chi connectivity index (χ3n) is 5.01. The minimum absolute atomic E-state index is 0.0979. The molecule has 0 aromatic heterocycles. The second-order valence-corrected chi connectivity index (χ2v) is 7.62. The molecule has 5 nitrogen and oxygen atoms in total. The van der Waals surface area contributed by atoms with Crippen LogP contribution in [0.3, 0.4) is 0 Å². The summed E-state index contributed by atoms with van der Waals surface area (Å²) in [5, 5.41) is 2.77. The maximum Gasteiger partial charge on any atom is 0.320 e. The van der Waals surface area contributed by atoms with Gasteiger partial charge in [-0.1, -0.05) is 66.7 Å². The molecule has 160 valence electrons. The van der Waals surface area contributed by atoms with E-state index in [1.54, 1.807) is 0 Å². The van der Waals surface area contributed by atoms with Crippen molar-refractivity contribution in [3.05, 3.63) is 101 Å². The first-order chi connectivity index (χ1) is 15.0. The molecule has 5 heteroatoms. The molecule has 0 aliphatic heterocycles. The molecule has 0 saturated heterocycles. The normalized spacial score (nSPS) is 10.7. The Morgan fingerprint density at radius 3 is 1.94 bits per heavy atom. The molecular formula is C26H28N2O3. The van der Waals surface area contributed by atoms with E-state index in [4.69, 9.17) is 4.74 Å². The lowest BCUT2D eigenvalue weighted by molar-refractivity contribution is -0.148. The summed E-state index contributed by atoms with van der Waals surface area (Å²) in [5.41, 5.74) is 5.16. The van der Waals surface area contributed by atoms with Crippen LogP contribution in [0.15, 0.2) is 78.9 Å². The van der Waals surface area contributed by atoms with Gasteiger partial charge in [-0.2, -0.15) is 0 Å². The maximum atomic E-state index is 12.4. The quantitative estimate of drug-likeness (QED) is 0.522. The summed E-state index contributed by atoms with van der Waals surface area (Å²) in [7, 11) is 0. The fraction of sp³-hybridized carbons (Fsp3) is 0.231. The van der Waals surface area contributed by atoms with Gasteiger partial charge in [0.1, 0.15) is 0 Å². The van der Waals surface area contributed by atoms with Crippen molar-refractivity contribution in [3.8, 4) is 0 Å². The molecule has 0 unspecified atom stereocenters. The predicted octanol–water partition coefficient (Wildman–Crippen LogP) is 4.49. The number of nitrogens with one attached hydrogen (secondary N) is 1. The molecule has 0 fully saturated rings. The number of amides is 1. The smallest absolute Gasteiger partial charge is 0.320 e. The Bertz CT molecular complexity index is 962. The molecule has 0 saturated carbocycles. The van der Waals surface area contributed by atoms with Crippen molar-refractivity contribution in [2.75, 3.05) is 18.5 Å².